The van der Waals surface area contributed by atoms with Crippen LogP contribution >= 0.6 is 11.8 Å². The van der Waals surface area contributed by atoms with Crippen molar-refractivity contribution >= 4 is 21.6 Å². The molecule has 1 saturated heterocycles. The van der Waals surface area contributed by atoms with Crippen molar-refractivity contribution in [2.24, 2.45) is 11.8 Å². The predicted octanol–water partition coefficient (Wildman–Crippen LogP) is 2.12. The highest BCUT2D eigenvalue weighted by molar-refractivity contribution is 8.00. The van der Waals surface area contributed by atoms with Gasteiger partial charge in [0.15, 0.2) is 9.84 Å². The van der Waals surface area contributed by atoms with E-state index in [4.69, 9.17) is 0 Å². The molecule has 0 N–H and O–H groups in total. The van der Waals surface area contributed by atoms with E-state index in [9.17, 15) is 13.7 Å². The lowest BCUT2D eigenvalue weighted by Gasteiger charge is -2.45. The zero-order chi connectivity index (χ0) is 14.8. The SMILES string of the molecule is CCC1CCC(C#N)C(N2CCSCC2S(C)(=O)=O)C1. The highest BCUT2D eigenvalue weighted by atomic mass is 32.2. The molecule has 20 heavy (non-hydrogen) atoms. The summed E-state index contributed by atoms with van der Waals surface area (Å²) in [4.78, 5) is 2.13. The van der Waals surface area contributed by atoms with Crippen LogP contribution in [0.1, 0.15) is 32.6 Å². The van der Waals surface area contributed by atoms with Crippen LogP contribution < -0.4 is 0 Å². The molecule has 114 valence electrons. The number of hydrogen-bond donors (Lipinski definition) is 0. The third-order valence-electron chi connectivity index (χ3n) is 4.71. The van der Waals surface area contributed by atoms with Crippen LogP contribution in [0.4, 0.5) is 0 Å². The van der Waals surface area contributed by atoms with Gasteiger partial charge in [-0.25, -0.2) is 8.42 Å². The van der Waals surface area contributed by atoms with Gasteiger partial charge < -0.3 is 0 Å². The van der Waals surface area contributed by atoms with E-state index in [1.165, 1.54) is 6.26 Å². The molecule has 2 rings (SSSR count). The van der Waals surface area contributed by atoms with E-state index in [0.717, 1.165) is 38.0 Å². The molecular formula is C14H24N2O2S2. The Labute approximate surface area is 126 Å². The Morgan fingerprint density at radius 3 is 2.75 bits per heavy atom. The molecule has 4 unspecified atom stereocenters. The first-order chi connectivity index (χ1) is 9.47. The van der Waals surface area contributed by atoms with E-state index in [1.54, 1.807) is 11.8 Å². The molecule has 2 fully saturated rings. The monoisotopic (exact) mass is 316 g/mol. The van der Waals surface area contributed by atoms with Gasteiger partial charge in [0, 0.05) is 30.3 Å². The van der Waals surface area contributed by atoms with Crippen molar-refractivity contribution in [2.75, 3.05) is 24.3 Å². The summed E-state index contributed by atoms with van der Waals surface area (Å²) >= 11 is 1.71. The summed E-state index contributed by atoms with van der Waals surface area (Å²) in [6.07, 6.45) is 5.46. The van der Waals surface area contributed by atoms with Crippen molar-refractivity contribution in [1.29, 1.82) is 5.26 Å². The van der Waals surface area contributed by atoms with Gasteiger partial charge in [-0.05, 0) is 25.2 Å². The molecule has 0 aromatic heterocycles. The van der Waals surface area contributed by atoms with E-state index in [1.807, 2.05) is 0 Å². The van der Waals surface area contributed by atoms with Gasteiger partial charge in [-0.1, -0.05) is 13.3 Å². The van der Waals surface area contributed by atoms with Gasteiger partial charge in [0.05, 0.1) is 12.0 Å². The normalized spacial score (nSPS) is 36.5. The first-order valence-corrected chi connectivity index (χ1v) is 10.5. The Morgan fingerprint density at radius 1 is 1.40 bits per heavy atom. The summed E-state index contributed by atoms with van der Waals surface area (Å²) in [6.45, 7) is 2.98. The molecule has 0 radical (unpaired) electrons. The van der Waals surface area contributed by atoms with Gasteiger partial charge in [-0.3, -0.25) is 4.90 Å². The number of nitrogens with zero attached hydrogens (tertiary/aromatic N) is 2. The molecule has 0 aromatic carbocycles. The summed E-state index contributed by atoms with van der Waals surface area (Å²) in [6, 6.07) is 2.55. The fourth-order valence-electron chi connectivity index (χ4n) is 3.46. The quantitative estimate of drug-likeness (QED) is 0.798. The second kappa shape index (κ2) is 6.67. The highest BCUT2D eigenvalue weighted by Crippen LogP contribution is 2.36. The van der Waals surface area contributed by atoms with E-state index < -0.39 is 15.2 Å². The lowest BCUT2D eigenvalue weighted by Crippen LogP contribution is -2.55. The van der Waals surface area contributed by atoms with Crippen molar-refractivity contribution < 1.29 is 8.42 Å². The third-order valence-corrected chi connectivity index (χ3v) is 7.37. The minimum absolute atomic E-state index is 0.00912. The minimum Gasteiger partial charge on any atom is -0.281 e. The number of sulfone groups is 1. The maximum atomic E-state index is 12.0. The summed E-state index contributed by atoms with van der Waals surface area (Å²) in [5.41, 5.74) is 0. The highest BCUT2D eigenvalue weighted by Gasteiger charge is 2.41. The fraction of sp³-hybridized carbons (Fsp3) is 0.929. The third kappa shape index (κ3) is 3.49. The minimum atomic E-state index is -3.08. The van der Waals surface area contributed by atoms with Crippen LogP contribution in [0.2, 0.25) is 0 Å². The predicted molar refractivity (Wildman–Crippen MR) is 83.2 cm³/mol. The molecule has 0 aromatic rings. The van der Waals surface area contributed by atoms with Gasteiger partial charge in [0.25, 0.3) is 0 Å². The van der Waals surface area contributed by atoms with Crippen LogP contribution in [-0.4, -0.2) is 49.0 Å². The Kier molecular flexibility index (Phi) is 5.38. The average molecular weight is 316 g/mol. The van der Waals surface area contributed by atoms with Gasteiger partial charge in [-0.2, -0.15) is 17.0 Å². The summed E-state index contributed by atoms with van der Waals surface area (Å²) in [5.74, 6) is 2.24. The van der Waals surface area contributed by atoms with E-state index in [0.29, 0.717) is 11.7 Å². The van der Waals surface area contributed by atoms with E-state index in [-0.39, 0.29) is 12.0 Å². The van der Waals surface area contributed by atoms with E-state index in [2.05, 4.69) is 17.9 Å². The number of thioether (sulfide) groups is 1. The molecular weight excluding hydrogens is 292 g/mol. The molecule has 6 heteroatoms. The molecule has 2 aliphatic rings. The molecule has 1 heterocycles. The van der Waals surface area contributed by atoms with Gasteiger partial charge in [-0.15, -0.1) is 0 Å². The molecule has 1 aliphatic carbocycles. The van der Waals surface area contributed by atoms with Crippen molar-refractivity contribution in [2.45, 2.75) is 44.0 Å². The number of hydrogen-bond acceptors (Lipinski definition) is 5. The standard InChI is InChI=1S/C14H24N2O2S2/c1-3-11-4-5-12(9-15)13(8-11)16-6-7-19-10-14(16)20(2,17)18/h11-14H,3-8,10H2,1-2H3. The Bertz CT molecular complexity index is 472. The topological polar surface area (TPSA) is 61.2 Å². The summed E-state index contributed by atoms with van der Waals surface area (Å²) < 4.78 is 24.1. The molecule has 0 bridgehead atoms. The maximum Gasteiger partial charge on any atom is 0.164 e. The fourth-order valence-corrected chi connectivity index (χ4v) is 6.39. The van der Waals surface area contributed by atoms with E-state index >= 15 is 0 Å². The van der Waals surface area contributed by atoms with Gasteiger partial charge in [0.2, 0.25) is 0 Å². The summed E-state index contributed by atoms with van der Waals surface area (Å²) in [5, 5.41) is 9.00. The van der Waals surface area contributed by atoms with Gasteiger partial charge in [0.1, 0.15) is 5.37 Å². The van der Waals surface area contributed by atoms with Crippen LogP contribution in [0.3, 0.4) is 0 Å². The maximum absolute atomic E-state index is 12.0. The lowest BCUT2D eigenvalue weighted by molar-refractivity contribution is 0.0962. The zero-order valence-electron chi connectivity index (χ0n) is 12.3. The van der Waals surface area contributed by atoms with Crippen LogP contribution in [0, 0.1) is 23.2 Å². The molecule has 0 spiro atoms. The molecule has 4 nitrogen and oxygen atoms in total. The smallest absolute Gasteiger partial charge is 0.164 e. The van der Waals surface area contributed by atoms with Crippen molar-refractivity contribution in [3.8, 4) is 6.07 Å². The van der Waals surface area contributed by atoms with Crippen molar-refractivity contribution in [3.05, 3.63) is 0 Å². The van der Waals surface area contributed by atoms with Crippen LogP contribution in [0.15, 0.2) is 0 Å². The van der Waals surface area contributed by atoms with Crippen molar-refractivity contribution in [3.63, 3.8) is 0 Å². The Balaban J connectivity index is 2.22. The van der Waals surface area contributed by atoms with Crippen molar-refractivity contribution in [1.82, 2.24) is 4.90 Å². The molecule has 1 saturated carbocycles. The number of rotatable bonds is 3. The first kappa shape index (κ1) is 16.1. The molecule has 4 atom stereocenters. The Hall–Kier alpha value is -0.250. The summed E-state index contributed by atoms with van der Waals surface area (Å²) in [7, 11) is -3.08. The Morgan fingerprint density at radius 2 is 2.15 bits per heavy atom. The second-order valence-corrected chi connectivity index (χ2v) is 9.34. The van der Waals surface area contributed by atoms with Crippen LogP contribution in [-0.2, 0) is 9.84 Å². The van der Waals surface area contributed by atoms with Crippen LogP contribution in [0.5, 0.6) is 0 Å². The molecule has 0 amide bonds. The largest absolute Gasteiger partial charge is 0.281 e. The second-order valence-electron chi connectivity index (χ2n) is 5.99. The number of nitriles is 1. The zero-order valence-corrected chi connectivity index (χ0v) is 13.9. The van der Waals surface area contributed by atoms with Crippen LogP contribution in [0.25, 0.3) is 0 Å². The average Bonchev–Trinajstić information content (AvgIpc) is 2.45. The molecule has 1 aliphatic heterocycles. The lowest BCUT2D eigenvalue weighted by atomic mass is 9.77. The first-order valence-electron chi connectivity index (χ1n) is 7.39. The van der Waals surface area contributed by atoms with Gasteiger partial charge >= 0.3 is 0 Å².